The van der Waals surface area contributed by atoms with Crippen molar-refractivity contribution in [2.45, 2.75) is 39.0 Å². The minimum Gasteiger partial charge on any atom is -0.356 e. The predicted octanol–water partition coefficient (Wildman–Crippen LogP) is 2.84. The molecular formula is C16H20N6S. The molecule has 1 aliphatic heterocycles. The molecule has 3 aromatic heterocycles. The van der Waals surface area contributed by atoms with Crippen LogP contribution >= 0.6 is 11.3 Å². The van der Waals surface area contributed by atoms with Crippen LogP contribution in [0, 0.1) is 6.92 Å². The second-order valence-electron chi connectivity index (χ2n) is 6.01. The number of piperidine rings is 1. The number of hydrogen-bond acceptors (Lipinski definition) is 6. The van der Waals surface area contributed by atoms with Crippen molar-refractivity contribution in [1.82, 2.24) is 24.8 Å². The average Bonchev–Trinajstić information content (AvgIpc) is 3.23. The summed E-state index contributed by atoms with van der Waals surface area (Å²) in [6.07, 6.45) is 5.01. The van der Waals surface area contributed by atoms with E-state index in [4.69, 9.17) is 0 Å². The Bertz CT molecular complexity index is 815. The number of aryl methyl sites for hydroxylation is 2. The van der Waals surface area contributed by atoms with Crippen LogP contribution in [0.4, 0.5) is 5.82 Å². The zero-order valence-corrected chi connectivity index (χ0v) is 14.3. The molecule has 7 heteroatoms. The summed E-state index contributed by atoms with van der Waals surface area (Å²) in [5.41, 5.74) is 1.95. The third kappa shape index (κ3) is 2.69. The molecule has 0 amide bonds. The highest BCUT2D eigenvalue weighted by atomic mass is 32.1. The van der Waals surface area contributed by atoms with Gasteiger partial charge < -0.3 is 4.90 Å². The first-order chi connectivity index (χ1) is 11.2. The molecule has 0 spiro atoms. The number of hydrogen-bond donors (Lipinski definition) is 0. The van der Waals surface area contributed by atoms with Gasteiger partial charge in [-0.15, -0.1) is 21.5 Å². The first kappa shape index (κ1) is 14.6. The lowest BCUT2D eigenvalue weighted by Crippen LogP contribution is -2.34. The highest BCUT2D eigenvalue weighted by molar-refractivity contribution is 7.11. The van der Waals surface area contributed by atoms with Crippen molar-refractivity contribution in [2.24, 2.45) is 0 Å². The number of rotatable bonds is 3. The largest absolute Gasteiger partial charge is 0.356 e. The van der Waals surface area contributed by atoms with Crippen LogP contribution in [-0.4, -0.2) is 37.9 Å². The quantitative estimate of drug-likeness (QED) is 0.740. The lowest BCUT2D eigenvalue weighted by atomic mass is 9.97. The molecule has 0 atom stereocenters. The molecule has 1 fully saturated rings. The van der Waals surface area contributed by atoms with Crippen molar-refractivity contribution < 1.29 is 0 Å². The summed E-state index contributed by atoms with van der Waals surface area (Å²) < 4.78 is 1.94. The summed E-state index contributed by atoms with van der Waals surface area (Å²) in [6, 6.07) is 4.08. The number of aromatic nitrogens is 5. The van der Waals surface area contributed by atoms with Crippen LogP contribution in [0.2, 0.25) is 0 Å². The Morgan fingerprint density at radius 1 is 1.26 bits per heavy atom. The van der Waals surface area contributed by atoms with E-state index in [-0.39, 0.29) is 0 Å². The minimum atomic E-state index is 0.542. The summed E-state index contributed by atoms with van der Waals surface area (Å²) in [7, 11) is 0. The third-order valence-electron chi connectivity index (χ3n) is 4.42. The Kier molecular flexibility index (Phi) is 3.72. The Morgan fingerprint density at radius 2 is 2.09 bits per heavy atom. The van der Waals surface area contributed by atoms with Gasteiger partial charge in [-0.1, -0.05) is 6.92 Å². The molecule has 0 radical (unpaired) electrons. The molecule has 4 rings (SSSR count). The van der Waals surface area contributed by atoms with Gasteiger partial charge in [0.25, 0.3) is 0 Å². The van der Waals surface area contributed by atoms with Crippen LogP contribution in [0.1, 0.15) is 41.4 Å². The molecule has 1 saturated heterocycles. The van der Waals surface area contributed by atoms with Gasteiger partial charge in [0.2, 0.25) is 0 Å². The van der Waals surface area contributed by atoms with Crippen molar-refractivity contribution in [3.8, 4) is 0 Å². The van der Waals surface area contributed by atoms with E-state index in [1.54, 1.807) is 11.3 Å². The highest BCUT2D eigenvalue weighted by Crippen LogP contribution is 2.32. The average molecular weight is 328 g/mol. The molecule has 0 unspecified atom stereocenters. The SMILES string of the molecule is CCc1nnc(C2CCN(c3cc(C)nc4ccnn34)CC2)s1. The van der Waals surface area contributed by atoms with Gasteiger partial charge in [-0.3, -0.25) is 0 Å². The van der Waals surface area contributed by atoms with Gasteiger partial charge >= 0.3 is 0 Å². The molecule has 1 aliphatic rings. The smallest absolute Gasteiger partial charge is 0.157 e. The number of nitrogens with zero attached hydrogens (tertiary/aromatic N) is 6. The van der Waals surface area contributed by atoms with E-state index in [0.29, 0.717) is 5.92 Å². The maximum Gasteiger partial charge on any atom is 0.157 e. The third-order valence-corrected chi connectivity index (χ3v) is 5.65. The fraction of sp³-hybridized carbons (Fsp3) is 0.500. The van der Waals surface area contributed by atoms with Gasteiger partial charge in [-0.2, -0.15) is 9.61 Å². The van der Waals surface area contributed by atoms with E-state index >= 15 is 0 Å². The van der Waals surface area contributed by atoms with E-state index in [0.717, 1.165) is 54.5 Å². The van der Waals surface area contributed by atoms with Crippen LogP contribution in [0.25, 0.3) is 5.65 Å². The van der Waals surface area contributed by atoms with Gasteiger partial charge in [0.15, 0.2) is 5.65 Å². The number of fused-ring (bicyclic) bond motifs is 1. The molecule has 0 N–H and O–H groups in total. The van der Waals surface area contributed by atoms with Gasteiger partial charge in [-0.05, 0) is 26.2 Å². The monoisotopic (exact) mass is 328 g/mol. The standard InChI is InChI=1S/C16H20N6S/c1-3-14-19-20-16(23-14)12-5-8-21(9-6-12)15-10-11(2)18-13-4-7-17-22(13)15/h4,7,10,12H,3,5-6,8-9H2,1-2H3. The Morgan fingerprint density at radius 3 is 2.83 bits per heavy atom. The van der Waals surface area contributed by atoms with E-state index in [9.17, 15) is 0 Å². The zero-order chi connectivity index (χ0) is 15.8. The molecule has 0 aliphatic carbocycles. The first-order valence-corrected chi connectivity index (χ1v) is 8.95. The summed E-state index contributed by atoms with van der Waals surface area (Å²) in [5, 5.41) is 15.4. The Balaban J connectivity index is 1.53. The number of anilines is 1. The van der Waals surface area contributed by atoms with Gasteiger partial charge in [0, 0.05) is 36.8 Å². The first-order valence-electron chi connectivity index (χ1n) is 8.13. The fourth-order valence-corrected chi connectivity index (χ4v) is 4.13. The minimum absolute atomic E-state index is 0.542. The summed E-state index contributed by atoms with van der Waals surface area (Å²) in [4.78, 5) is 6.93. The topological polar surface area (TPSA) is 59.2 Å². The zero-order valence-electron chi connectivity index (χ0n) is 13.4. The normalized spacial score (nSPS) is 16.3. The predicted molar refractivity (Wildman–Crippen MR) is 91.2 cm³/mol. The molecule has 0 aromatic carbocycles. The summed E-state index contributed by atoms with van der Waals surface area (Å²) in [6.45, 7) is 6.21. The molecule has 4 heterocycles. The van der Waals surface area contributed by atoms with Crippen molar-refractivity contribution in [3.05, 3.63) is 34.0 Å². The molecular weight excluding hydrogens is 308 g/mol. The van der Waals surface area contributed by atoms with Crippen LogP contribution < -0.4 is 4.90 Å². The van der Waals surface area contributed by atoms with Crippen LogP contribution in [0.5, 0.6) is 0 Å². The molecule has 0 bridgehead atoms. The maximum absolute atomic E-state index is 4.52. The summed E-state index contributed by atoms with van der Waals surface area (Å²) in [5.74, 6) is 1.68. The van der Waals surface area contributed by atoms with Gasteiger partial charge in [0.1, 0.15) is 15.8 Å². The highest BCUT2D eigenvalue weighted by Gasteiger charge is 2.25. The van der Waals surface area contributed by atoms with Crippen LogP contribution in [0.15, 0.2) is 18.3 Å². The molecule has 3 aromatic rings. The van der Waals surface area contributed by atoms with Crippen LogP contribution in [0.3, 0.4) is 0 Å². The van der Waals surface area contributed by atoms with Crippen molar-refractivity contribution in [2.75, 3.05) is 18.0 Å². The Hall–Kier alpha value is -2.02. The Labute approximate surface area is 139 Å². The second kappa shape index (κ2) is 5.88. The molecule has 23 heavy (non-hydrogen) atoms. The van der Waals surface area contributed by atoms with Crippen molar-refractivity contribution in [3.63, 3.8) is 0 Å². The second-order valence-corrected chi connectivity index (χ2v) is 7.10. The van der Waals surface area contributed by atoms with E-state index in [1.165, 1.54) is 5.01 Å². The van der Waals surface area contributed by atoms with Crippen LogP contribution in [-0.2, 0) is 6.42 Å². The lowest BCUT2D eigenvalue weighted by molar-refractivity contribution is 0.495. The lowest BCUT2D eigenvalue weighted by Gasteiger charge is -2.32. The fourth-order valence-electron chi connectivity index (χ4n) is 3.17. The van der Waals surface area contributed by atoms with E-state index in [2.05, 4.69) is 38.2 Å². The van der Waals surface area contributed by atoms with E-state index < -0.39 is 0 Å². The van der Waals surface area contributed by atoms with Crippen molar-refractivity contribution in [1.29, 1.82) is 0 Å². The summed E-state index contributed by atoms with van der Waals surface area (Å²) >= 11 is 1.77. The molecule has 0 saturated carbocycles. The van der Waals surface area contributed by atoms with Gasteiger partial charge in [0.05, 0.1) is 6.20 Å². The van der Waals surface area contributed by atoms with E-state index in [1.807, 2.05) is 23.7 Å². The van der Waals surface area contributed by atoms with Gasteiger partial charge in [-0.25, -0.2) is 4.98 Å². The molecule has 120 valence electrons. The maximum atomic E-state index is 4.52. The molecule has 6 nitrogen and oxygen atoms in total. The van der Waals surface area contributed by atoms with Crippen molar-refractivity contribution >= 4 is 22.8 Å².